The molecule has 1 aromatic rings. The number of quaternary nitrogens is 1. The average Bonchev–Trinajstić information content (AvgIpc) is 2.54. The molecule has 1 heterocycles. The first kappa shape index (κ1) is 19.2. The molecule has 6 nitrogen and oxygen atoms in total. The molecular weight excluding hydrogens is 350 g/mol. The Kier molecular flexibility index (Phi) is 6.25. The van der Waals surface area contributed by atoms with E-state index in [0.29, 0.717) is 37.7 Å². The molecular formula is C16H25ClN3O3S+. The van der Waals surface area contributed by atoms with Crippen molar-refractivity contribution >= 4 is 27.5 Å². The number of benzene rings is 1. The molecule has 0 aliphatic carbocycles. The Hall–Kier alpha value is -1.15. The minimum Gasteiger partial charge on any atom is -0.338 e. The van der Waals surface area contributed by atoms with Crippen LogP contribution in [0.5, 0.6) is 0 Å². The zero-order valence-corrected chi connectivity index (χ0v) is 15.9. The fourth-order valence-corrected chi connectivity index (χ4v) is 4.37. The van der Waals surface area contributed by atoms with Gasteiger partial charge in [0.1, 0.15) is 0 Å². The number of hydrogen-bond acceptors (Lipinski definition) is 3. The molecule has 8 heteroatoms. The summed E-state index contributed by atoms with van der Waals surface area (Å²) in [7, 11) is -1.73. The van der Waals surface area contributed by atoms with Crippen LogP contribution in [0.3, 0.4) is 0 Å². The maximum Gasteiger partial charge on any atom is 0.277 e. The van der Waals surface area contributed by atoms with Gasteiger partial charge >= 0.3 is 0 Å². The first-order chi connectivity index (χ1) is 11.2. The van der Waals surface area contributed by atoms with Crippen LogP contribution in [-0.2, 0) is 14.8 Å². The van der Waals surface area contributed by atoms with Crippen molar-refractivity contribution in [2.75, 3.05) is 39.8 Å². The highest BCUT2D eigenvalue weighted by Gasteiger charge is 2.31. The normalized spacial score (nSPS) is 17.2. The number of amides is 1. The molecule has 0 bridgehead atoms. The highest BCUT2D eigenvalue weighted by Crippen LogP contribution is 2.19. The topological polar surface area (TPSA) is 62.1 Å². The van der Waals surface area contributed by atoms with E-state index in [-0.39, 0.29) is 16.8 Å². The Labute approximate surface area is 149 Å². The number of rotatable bonds is 5. The Bertz CT molecular complexity index is 686. The van der Waals surface area contributed by atoms with Crippen molar-refractivity contribution in [3.63, 3.8) is 0 Å². The Morgan fingerprint density at radius 3 is 2.50 bits per heavy atom. The lowest BCUT2D eigenvalue weighted by molar-refractivity contribution is -0.896. The number of carbonyl (C=O) groups is 1. The van der Waals surface area contributed by atoms with Crippen LogP contribution < -0.4 is 4.90 Å². The molecule has 1 saturated heterocycles. The smallest absolute Gasteiger partial charge is 0.277 e. The van der Waals surface area contributed by atoms with Gasteiger partial charge in [0.25, 0.3) is 5.91 Å². The van der Waals surface area contributed by atoms with Crippen LogP contribution in [0.1, 0.15) is 13.8 Å². The maximum atomic E-state index is 12.6. The summed E-state index contributed by atoms with van der Waals surface area (Å²) in [5.41, 5.74) is 0. The van der Waals surface area contributed by atoms with E-state index in [4.69, 9.17) is 11.6 Å². The Balaban J connectivity index is 1.96. The van der Waals surface area contributed by atoms with Gasteiger partial charge in [-0.25, -0.2) is 8.42 Å². The number of piperazine rings is 1. The van der Waals surface area contributed by atoms with Crippen LogP contribution in [-0.4, -0.2) is 69.3 Å². The summed E-state index contributed by atoms with van der Waals surface area (Å²) in [6.07, 6.45) is 0. The number of halogens is 1. The van der Waals surface area contributed by atoms with Gasteiger partial charge < -0.3 is 9.80 Å². The molecule has 0 saturated carbocycles. The van der Waals surface area contributed by atoms with Crippen LogP contribution in [0, 0.1) is 0 Å². The van der Waals surface area contributed by atoms with Crippen molar-refractivity contribution in [1.82, 2.24) is 9.21 Å². The lowest BCUT2D eigenvalue weighted by Gasteiger charge is -2.32. The second kappa shape index (κ2) is 7.82. The van der Waals surface area contributed by atoms with E-state index in [2.05, 4.69) is 0 Å². The lowest BCUT2D eigenvalue weighted by Crippen LogP contribution is -3.15. The first-order valence-electron chi connectivity index (χ1n) is 8.06. The summed E-state index contributed by atoms with van der Waals surface area (Å²) < 4.78 is 26.8. The van der Waals surface area contributed by atoms with E-state index < -0.39 is 10.0 Å². The van der Waals surface area contributed by atoms with Crippen molar-refractivity contribution in [1.29, 1.82) is 0 Å². The van der Waals surface area contributed by atoms with Crippen molar-refractivity contribution in [2.45, 2.75) is 24.8 Å². The van der Waals surface area contributed by atoms with Gasteiger partial charge in [0.15, 0.2) is 6.54 Å². The number of nitrogens with one attached hydrogen (secondary N) is 1. The van der Waals surface area contributed by atoms with Gasteiger partial charge in [-0.15, -0.1) is 0 Å². The fraction of sp³-hybridized carbons (Fsp3) is 0.562. The number of likely N-dealkylation sites (N-methyl/N-ethyl adjacent to an activating group) is 1. The van der Waals surface area contributed by atoms with Gasteiger partial charge in [-0.2, -0.15) is 4.31 Å². The van der Waals surface area contributed by atoms with Crippen molar-refractivity contribution < 1.29 is 18.1 Å². The summed E-state index contributed by atoms with van der Waals surface area (Å²) in [5.74, 6) is 0.0890. The first-order valence-corrected chi connectivity index (χ1v) is 9.88. The molecule has 1 aliphatic heterocycles. The minimum atomic E-state index is -3.53. The van der Waals surface area contributed by atoms with E-state index in [9.17, 15) is 13.2 Å². The number of hydrogen-bond donors (Lipinski definition) is 1. The minimum absolute atomic E-state index is 0.0890. The van der Waals surface area contributed by atoms with Crippen molar-refractivity contribution in [3.8, 4) is 0 Å². The van der Waals surface area contributed by atoms with Crippen LogP contribution >= 0.6 is 11.6 Å². The molecule has 134 valence electrons. The van der Waals surface area contributed by atoms with Crippen LogP contribution in [0.4, 0.5) is 0 Å². The molecule has 0 radical (unpaired) electrons. The number of sulfonamides is 1. The Morgan fingerprint density at radius 2 is 1.96 bits per heavy atom. The summed E-state index contributed by atoms with van der Waals surface area (Å²) in [6.45, 7) is 6.41. The second-order valence-electron chi connectivity index (χ2n) is 6.39. The van der Waals surface area contributed by atoms with E-state index >= 15 is 0 Å². The third-order valence-electron chi connectivity index (χ3n) is 4.43. The largest absolute Gasteiger partial charge is 0.338 e. The lowest BCUT2D eigenvalue weighted by atomic mass is 10.3. The summed E-state index contributed by atoms with van der Waals surface area (Å²) >= 11 is 5.90. The molecule has 0 atom stereocenters. The van der Waals surface area contributed by atoms with Crippen LogP contribution in [0.25, 0.3) is 0 Å². The van der Waals surface area contributed by atoms with Gasteiger partial charge in [0, 0.05) is 18.1 Å². The monoisotopic (exact) mass is 374 g/mol. The van der Waals surface area contributed by atoms with E-state index in [1.165, 1.54) is 10.4 Å². The Morgan fingerprint density at radius 1 is 1.33 bits per heavy atom. The SMILES string of the molecule is CC(C)N(C)C(=O)C[NH+]1CCN(S(=O)(=O)c2cccc(Cl)c2)CC1. The third kappa shape index (κ3) is 4.47. The fourth-order valence-electron chi connectivity index (χ4n) is 2.62. The number of nitrogens with zero attached hydrogens (tertiary/aromatic N) is 2. The van der Waals surface area contributed by atoms with Gasteiger partial charge in [-0.05, 0) is 32.0 Å². The van der Waals surface area contributed by atoms with Crippen molar-refractivity contribution in [3.05, 3.63) is 29.3 Å². The molecule has 0 aromatic heterocycles. The highest BCUT2D eigenvalue weighted by molar-refractivity contribution is 7.89. The predicted octanol–water partition coefficient (Wildman–Crippen LogP) is 0.0960. The third-order valence-corrected chi connectivity index (χ3v) is 6.56. The highest BCUT2D eigenvalue weighted by atomic mass is 35.5. The van der Waals surface area contributed by atoms with Crippen LogP contribution in [0.2, 0.25) is 5.02 Å². The second-order valence-corrected chi connectivity index (χ2v) is 8.76. The molecule has 0 spiro atoms. The van der Waals surface area contributed by atoms with Crippen LogP contribution in [0.15, 0.2) is 29.2 Å². The summed E-state index contributed by atoms with van der Waals surface area (Å²) in [4.78, 5) is 15.2. The quantitative estimate of drug-likeness (QED) is 0.795. The van der Waals surface area contributed by atoms with Gasteiger partial charge in [0.05, 0.1) is 31.1 Å². The number of carbonyl (C=O) groups excluding carboxylic acids is 1. The van der Waals surface area contributed by atoms with Crippen molar-refractivity contribution in [2.24, 2.45) is 0 Å². The maximum absolute atomic E-state index is 12.6. The molecule has 1 N–H and O–H groups in total. The molecule has 2 rings (SSSR count). The van der Waals surface area contributed by atoms with Gasteiger partial charge in [-0.1, -0.05) is 17.7 Å². The summed E-state index contributed by atoms with van der Waals surface area (Å²) in [5, 5.41) is 0.405. The predicted molar refractivity (Wildman–Crippen MR) is 93.7 cm³/mol. The molecule has 1 fully saturated rings. The van der Waals surface area contributed by atoms with E-state index in [1.807, 2.05) is 13.8 Å². The molecule has 1 aromatic carbocycles. The zero-order valence-electron chi connectivity index (χ0n) is 14.3. The van der Waals surface area contributed by atoms with E-state index in [1.54, 1.807) is 30.1 Å². The molecule has 1 amide bonds. The molecule has 1 aliphatic rings. The van der Waals surface area contributed by atoms with Gasteiger partial charge in [0.2, 0.25) is 10.0 Å². The zero-order chi connectivity index (χ0) is 17.9. The average molecular weight is 375 g/mol. The van der Waals surface area contributed by atoms with Gasteiger partial charge in [-0.3, -0.25) is 4.79 Å². The standard InChI is InChI=1S/C16H24ClN3O3S/c1-13(2)18(3)16(21)12-19-7-9-20(10-8-19)24(22,23)15-6-4-5-14(17)11-15/h4-6,11,13H,7-10,12H2,1-3H3/p+1. The molecule has 0 unspecified atom stereocenters. The summed E-state index contributed by atoms with van der Waals surface area (Å²) in [6, 6.07) is 6.48. The molecule has 24 heavy (non-hydrogen) atoms. The van der Waals surface area contributed by atoms with E-state index in [0.717, 1.165) is 4.90 Å².